The number of piperidine rings is 1. The largest absolute Gasteiger partial charge is 0.492 e. The Balaban J connectivity index is 1.80. The zero-order chi connectivity index (χ0) is 19.1. The van der Waals surface area contributed by atoms with Crippen LogP contribution in [0.3, 0.4) is 0 Å². The third kappa shape index (κ3) is 3.65. The first-order valence-electron chi connectivity index (χ1n) is 7.72. The Morgan fingerprint density at radius 2 is 1.88 bits per heavy atom. The first-order valence-corrected chi connectivity index (χ1v) is 8.54. The SMILES string of the molecule is NC(=O)c1sc2cc(F)ccc2c1C1CCN(OC(=O)C(F)(F)F)CC1. The molecule has 1 aromatic carbocycles. The van der Waals surface area contributed by atoms with E-state index in [-0.39, 0.29) is 19.0 Å². The lowest BCUT2D eigenvalue weighted by atomic mass is 9.88. The van der Waals surface area contributed by atoms with Crippen molar-refractivity contribution in [1.82, 2.24) is 5.06 Å². The van der Waals surface area contributed by atoms with Crippen molar-refractivity contribution in [2.45, 2.75) is 24.9 Å². The molecule has 1 aliphatic rings. The van der Waals surface area contributed by atoms with Crippen LogP contribution in [-0.2, 0) is 9.63 Å². The number of primary amides is 1. The van der Waals surface area contributed by atoms with Crippen LogP contribution < -0.4 is 5.73 Å². The molecule has 0 aliphatic carbocycles. The molecule has 2 N–H and O–H groups in total. The van der Waals surface area contributed by atoms with Crippen LogP contribution in [0, 0.1) is 5.82 Å². The van der Waals surface area contributed by atoms with Gasteiger partial charge in [0, 0.05) is 17.8 Å². The van der Waals surface area contributed by atoms with Gasteiger partial charge in [-0.15, -0.1) is 16.4 Å². The summed E-state index contributed by atoms with van der Waals surface area (Å²) in [5.74, 6) is -3.48. The summed E-state index contributed by atoms with van der Waals surface area (Å²) in [7, 11) is 0. The Labute approximate surface area is 149 Å². The van der Waals surface area contributed by atoms with E-state index >= 15 is 0 Å². The van der Waals surface area contributed by atoms with Crippen LogP contribution in [0.15, 0.2) is 18.2 Å². The van der Waals surface area contributed by atoms with Crippen LogP contribution in [-0.4, -0.2) is 36.2 Å². The number of rotatable bonds is 3. The maximum Gasteiger partial charge on any atom is 0.492 e. The van der Waals surface area contributed by atoms with Gasteiger partial charge in [-0.05, 0) is 41.8 Å². The molecule has 0 bridgehead atoms. The number of nitrogens with zero attached hydrogens (tertiary/aromatic N) is 1. The molecule has 1 amide bonds. The molecule has 140 valence electrons. The molecule has 26 heavy (non-hydrogen) atoms. The predicted octanol–water partition coefficient (Wildman–Crippen LogP) is 3.34. The van der Waals surface area contributed by atoms with Crippen molar-refractivity contribution in [3.63, 3.8) is 0 Å². The molecule has 1 aliphatic heterocycles. The number of amides is 1. The van der Waals surface area contributed by atoms with Gasteiger partial charge in [0.25, 0.3) is 5.91 Å². The van der Waals surface area contributed by atoms with Crippen LogP contribution in [0.5, 0.6) is 0 Å². The van der Waals surface area contributed by atoms with Gasteiger partial charge in [0.2, 0.25) is 0 Å². The zero-order valence-corrected chi connectivity index (χ0v) is 14.1. The van der Waals surface area contributed by atoms with E-state index in [2.05, 4.69) is 4.84 Å². The molecule has 3 rings (SSSR count). The number of carbonyl (C=O) groups excluding carboxylic acids is 2. The van der Waals surface area contributed by atoms with Crippen LogP contribution in [0.4, 0.5) is 17.6 Å². The van der Waals surface area contributed by atoms with Crippen molar-refractivity contribution >= 4 is 33.3 Å². The van der Waals surface area contributed by atoms with Gasteiger partial charge >= 0.3 is 12.1 Å². The highest BCUT2D eigenvalue weighted by Crippen LogP contribution is 2.40. The molecule has 1 aromatic heterocycles. The molecule has 5 nitrogen and oxygen atoms in total. The molecule has 0 atom stereocenters. The van der Waals surface area contributed by atoms with Crippen LogP contribution >= 0.6 is 11.3 Å². The predicted molar refractivity (Wildman–Crippen MR) is 86.0 cm³/mol. The maximum absolute atomic E-state index is 13.4. The second-order valence-corrected chi connectivity index (χ2v) is 6.98. The van der Waals surface area contributed by atoms with Gasteiger partial charge in [-0.25, -0.2) is 9.18 Å². The lowest BCUT2D eigenvalue weighted by molar-refractivity contribution is -0.241. The number of halogens is 4. The van der Waals surface area contributed by atoms with Crippen molar-refractivity contribution in [2.75, 3.05) is 13.1 Å². The summed E-state index contributed by atoms with van der Waals surface area (Å²) >= 11 is 1.09. The number of nitrogens with two attached hydrogens (primary N) is 1. The Kier molecular flexibility index (Phi) is 4.89. The van der Waals surface area contributed by atoms with E-state index in [0.29, 0.717) is 33.4 Å². The third-order valence-electron chi connectivity index (χ3n) is 4.22. The molecule has 10 heteroatoms. The summed E-state index contributed by atoms with van der Waals surface area (Å²) in [6.45, 7) is 0.173. The summed E-state index contributed by atoms with van der Waals surface area (Å²) in [5, 5.41) is 1.67. The second kappa shape index (κ2) is 6.84. The van der Waals surface area contributed by atoms with E-state index in [1.165, 1.54) is 12.1 Å². The minimum absolute atomic E-state index is 0.0865. The molecular weight excluding hydrogens is 376 g/mol. The average molecular weight is 390 g/mol. The summed E-state index contributed by atoms with van der Waals surface area (Å²) in [4.78, 5) is 27.3. The Morgan fingerprint density at radius 3 is 2.46 bits per heavy atom. The number of carbonyl (C=O) groups is 2. The van der Waals surface area contributed by atoms with Gasteiger partial charge in [-0.2, -0.15) is 13.2 Å². The van der Waals surface area contributed by atoms with E-state index in [1.807, 2.05) is 0 Å². The molecule has 1 fully saturated rings. The van der Waals surface area contributed by atoms with Gasteiger partial charge in [-0.3, -0.25) is 4.79 Å². The molecule has 1 saturated heterocycles. The standard InChI is InChI=1S/C16H14F4N2O3S/c17-9-1-2-10-11(7-9)26-13(14(21)23)12(10)8-3-5-22(6-4-8)25-15(24)16(18,19)20/h1-2,7-8H,3-6H2,(H2,21,23). The van der Waals surface area contributed by atoms with Crippen molar-refractivity contribution in [1.29, 1.82) is 0 Å². The normalized spacial score (nSPS) is 16.8. The molecule has 2 aromatic rings. The maximum atomic E-state index is 13.4. The minimum atomic E-state index is -5.05. The molecule has 0 saturated carbocycles. The van der Waals surface area contributed by atoms with Crippen LogP contribution in [0.25, 0.3) is 10.1 Å². The van der Waals surface area contributed by atoms with Crippen molar-refractivity contribution in [3.05, 3.63) is 34.5 Å². The van der Waals surface area contributed by atoms with Crippen LogP contribution in [0.2, 0.25) is 0 Å². The number of hydrogen-bond donors (Lipinski definition) is 1. The van der Waals surface area contributed by atoms with E-state index in [0.717, 1.165) is 16.4 Å². The third-order valence-corrected chi connectivity index (χ3v) is 5.40. The number of hydroxylamine groups is 2. The first-order chi connectivity index (χ1) is 12.2. The van der Waals surface area contributed by atoms with Crippen molar-refractivity contribution < 1.29 is 32.0 Å². The van der Waals surface area contributed by atoms with E-state index in [4.69, 9.17) is 5.73 Å². The minimum Gasteiger partial charge on any atom is -0.365 e. The highest BCUT2D eigenvalue weighted by atomic mass is 32.1. The first kappa shape index (κ1) is 18.6. The summed E-state index contributed by atoms with van der Waals surface area (Å²) < 4.78 is 50.8. The average Bonchev–Trinajstić information content (AvgIpc) is 2.93. The number of benzene rings is 1. The second-order valence-electron chi connectivity index (χ2n) is 5.93. The van der Waals surface area contributed by atoms with E-state index in [9.17, 15) is 27.2 Å². The van der Waals surface area contributed by atoms with Gasteiger partial charge in [0.15, 0.2) is 0 Å². The quantitative estimate of drug-likeness (QED) is 0.816. The number of thiophene rings is 1. The molecule has 0 radical (unpaired) electrons. The summed E-state index contributed by atoms with van der Waals surface area (Å²) in [6.07, 6.45) is -4.31. The topological polar surface area (TPSA) is 72.6 Å². The Morgan fingerprint density at radius 1 is 1.23 bits per heavy atom. The number of fused-ring (bicyclic) bond motifs is 1. The molecule has 0 spiro atoms. The number of hydrogen-bond acceptors (Lipinski definition) is 5. The van der Waals surface area contributed by atoms with Gasteiger partial charge in [0.05, 0.1) is 4.88 Å². The van der Waals surface area contributed by atoms with Crippen molar-refractivity contribution in [3.8, 4) is 0 Å². The number of alkyl halides is 3. The van der Waals surface area contributed by atoms with Gasteiger partial charge in [0.1, 0.15) is 5.82 Å². The Hall–Kier alpha value is -2.20. The molecule has 2 heterocycles. The van der Waals surface area contributed by atoms with E-state index < -0.39 is 23.9 Å². The smallest absolute Gasteiger partial charge is 0.365 e. The lowest BCUT2D eigenvalue weighted by Crippen LogP contribution is -2.39. The van der Waals surface area contributed by atoms with E-state index in [1.54, 1.807) is 6.07 Å². The molecular formula is C16H14F4N2O3S. The van der Waals surface area contributed by atoms with Crippen molar-refractivity contribution in [2.24, 2.45) is 5.73 Å². The van der Waals surface area contributed by atoms with Gasteiger partial charge in [-0.1, -0.05) is 6.07 Å². The lowest BCUT2D eigenvalue weighted by Gasteiger charge is -2.31. The highest BCUT2D eigenvalue weighted by molar-refractivity contribution is 7.21. The van der Waals surface area contributed by atoms with Gasteiger partial charge < -0.3 is 10.6 Å². The summed E-state index contributed by atoms with van der Waals surface area (Å²) in [6, 6.07) is 4.17. The fraction of sp³-hybridized carbons (Fsp3) is 0.375. The Bertz CT molecular complexity index is 857. The molecule has 0 unspecified atom stereocenters. The monoisotopic (exact) mass is 390 g/mol. The highest BCUT2D eigenvalue weighted by Gasteiger charge is 2.43. The fourth-order valence-electron chi connectivity index (χ4n) is 3.08. The summed E-state index contributed by atoms with van der Waals surface area (Å²) in [5.41, 5.74) is 6.12. The zero-order valence-electron chi connectivity index (χ0n) is 13.3. The van der Waals surface area contributed by atoms with Crippen LogP contribution in [0.1, 0.15) is 34.0 Å². The fourth-order valence-corrected chi connectivity index (χ4v) is 4.25.